The number of benzene rings is 5. The summed E-state index contributed by atoms with van der Waals surface area (Å²) in [6.45, 7) is 0. The molecule has 0 aliphatic rings. The van der Waals surface area contributed by atoms with Gasteiger partial charge >= 0.3 is 12.4 Å². The van der Waals surface area contributed by atoms with Gasteiger partial charge in [0.05, 0.1) is 11.1 Å². The third kappa shape index (κ3) is 9.31. The molecule has 11 heteroatoms. The average molecular weight is 668 g/mol. The van der Waals surface area contributed by atoms with Crippen LogP contribution in [0.4, 0.5) is 43.4 Å². The van der Waals surface area contributed by atoms with Crippen molar-refractivity contribution in [2.75, 3.05) is 16.4 Å². The maximum atomic E-state index is 13.1. The van der Waals surface area contributed by atoms with E-state index in [1.54, 1.807) is 48.5 Å². The number of amides is 2. The number of nitrogen functional groups attached to an aromatic ring is 1. The van der Waals surface area contributed by atoms with Crippen LogP contribution in [0.2, 0.25) is 0 Å². The minimum atomic E-state index is -4.45. The Labute approximate surface area is 276 Å². The second kappa shape index (κ2) is 14.1. The fraction of sp³-hybridized carbons (Fsp3) is 0.0526. The summed E-state index contributed by atoms with van der Waals surface area (Å²) < 4.78 is 76.8. The van der Waals surface area contributed by atoms with Crippen molar-refractivity contribution in [2.24, 2.45) is 0 Å². The first-order chi connectivity index (χ1) is 23.2. The van der Waals surface area contributed by atoms with Crippen LogP contribution in [-0.4, -0.2) is 11.8 Å². The van der Waals surface area contributed by atoms with E-state index >= 15 is 0 Å². The van der Waals surface area contributed by atoms with Crippen LogP contribution < -0.4 is 16.4 Å². The largest absolute Gasteiger partial charge is 0.416 e. The normalized spacial score (nSPS) is 11.0. The molecule has 0 atom stereocenters. The Hall–Kier alpha value is -6.46. The van der Waals surface area contributed by atoms with Crippen molar-refractivity contribution in [3.8, 4) is 23.7 Å². The summed E-state index contributed by atoms with van der Waals surface area (Å²) in [6.07, 6.45) is -8.89. The molecule has 244 valence electrons. The summed E-state index contributed by atoms with van der Waals surface area (Å²) >= 11 is 0. The van der Waals surface area contributed by atoms with Crippen molar-refractivity contribution < 1.29 is 35.9 Å². The number of hydrogen-bond donors (Lipinski definition) is 3. The summed E-state index contributed by atoms with van der Waals surface area (Å²) in [4.78, 5) is 26.2. The molecule has 4 N–H and O–H groups in total. The number of carbonyl (C=O) groups is 2. The number of halogens is 6. The van der Waals surface area contributed by atoms with E-state index in [0.29, 0.717) is 33.6 Å². The zero-order chi connectivity index (χ0) is 35.2. The third-order valence-corrected chi connectivity index (χ3v) is 6.85. The number of hydrogen-bond acceptors (Lipinski definition) is 3. The highest BCUT2D eigenvalue weighted by molar-refractivity contribution is 6.09. The first kappa shape index (κ1) is 33.9. The maximum absolute atomic E-state index is 13.1. The molecule has 0 fully saturated rings. The lowest BCUT2D eigenvalue weighted by atomic mass is 10.1. The van der Waals surface area contributed by atoms with Gasteiger partial charge in [0.2, 0.25) is 0 Å². The van der Waals surface area contributed by atoms with Gasteiger partial charge in [-0.15, -0.1) is 0 Å². The van der Waals surface area contributed by atoms with Gasteiger partial charge in [-0.3, -0.25) is 9.59 Å². The SMILES string of the molecule is Nc1cc(C(=O)Nc2cccc(C#Cc3ccc(C(F)(F)F)cc3)c2)cc(C(=O)Nc2cccc(C#Cc3ccc(C(F)(F)F)cc3)c2)c1. The van der Waals surface area contributed by atoms with Crippen LogP contribution in [0.3, 0.4) is 0 Å². The van der Waals surface area contributed by atoms with Gasteiger partial charge in [0.1, 0.15) is 0 Å². The van der Waals surface area contributed by atoms with Crippen LogP contribution >= 0.6 is 0 Å². The van der Waals surface area contributed by atoms with E-state index in [1.165, 1.54) is 42.5 Å². The lowest BCUT2D eigenvalue weighted by molar-refractivity contribution is -0.138. The van der Waals surface area contributed by atoms with Crippen LogP contribution in [-0.2, 0) is 12.4 Å². The van der Waals surface area contributed by atoms with Gasteiger partial charge in [0, 0.05) is 50.4 Å². The van der Waals surface area contributed by atoms with E-state index in [2.05, 4.69) is 34.3 Å². The van der Waals surface area contributed by atoms with Gasteiger partial charge in [-0.25, -0.2) is 0 Å². The highest BCUT2D eigenvalue weighted by Gasteiger charge is 2.30. The molecule has 0 unspecified atom stereocenters. The van der Waals surface area contributed by atoms with Crippen LogP contribution in [0.25, 0.3) is 0 Å². The topological polar surface area (TPSA) is 84.2 Å². The molecule has 0 aromatic heterocycles. The quantitative estimate of drug-likeness (QED) is 0.102. The van der Waals surface area contributed by atoms with Crippen molar-refractivity contribution >= 4 is 28.9 Å². The van der Waals surface area contributed by atoms with Gasteiger partial charge in [-0.05, 0) is 103 Å². The first-order valence-corrected chi connectivity index (χ1v) is 14.3. The zero-order valence-corrected chi connectivity index (χ0v) is 25.1. The lowest BCUT2D eigenvalue weighted by Gasteiger charge is -2.10. The van der Waals surface area contributed by atoms with Gasteiger partial charge in [0.25, 0.3) is 11.8 Å². The average Bonchev–Trinajstić information content (AvgIpc) is 3.06. The van der Waals surface area contributed by atoms with Crippen LogP contribution in [0, 0.1) is 23.7 Å². The highest BCUT2D eigenvalue weighted by atomic mass is 19.4. The van der Waals surface area contributed by atoms with Gasteiger partial charge in [0.15, 0.2) is 0 Å². The molecule has 0 heterocycles. The molecule has 5 aromatic carbocycles. The molecule has 0 radical (unpaired) electrons. The Kier molecular flexibility index (Phi) is 9.76. The van der Waals surface area contributed by atoms with E-state index in [0.717, 1.165) is 24.3 Å². The fourth-order valence-corrected chi connectivity index (χ4v) is 4.44. The molecule has 0 aliphatic heterocycles. The van der Waals surface area contributed by atoms with Crippen LogP contribution in [0.5, 0.6) is 0 Å². The number of alkyl halides is 6. The second-order valence-electron chi connectivity index (χ2n) is 10.6. The van der Waals surface area contributed by atoms with Crippen LogP contribution in [0.15, 0.2) is 115 Å². The molecule has 0 aliphatic carbocycles. The third-order valence-electron chi connectivity index (χ3n) is 6.85. The van der Waals surface area contributed by atoms with Gasteiger partial charge in [-0.2, -0.15) is 26.3 Å². The Balaban J connectivity index is 1.25. The number of nitrogens with one attached hydrogen (secondary N) is 2. The molecule has 5 rings (SSSR count). The molecule has 2 amide bonds. The van der Waals surface area contributed by atoms with Gasteiger partial charge < -0.3 is 16.4 Å². The molecular weight excluding hydrogens is 644 g/mol. The molecule has 0 saturated heterocycles. The zero-order valence-electron chi connectivity index (χ0n) is 25.1. The molecular formula is C38H23F6N3O2. The van der Waals surface area contributed by atoms with Crippen LogP contribution in [0.1, 0.15) is 54.1 Å². The summed E-state index contributed by atoms with van der Waals surface area (Å²) in [5, 5.41) is 5.44. The number of anilines is 3. The molecule has 49 heavy (non-hydrogen) atoms. The van der Waals surface area contributed by atoms with Crippen molar-refractivity contribution in [1.29, 1.82) is 0 Å². The van der Waals surface area contributed by atoms with Gasteiger partial charge in [-0.1, -0.05) is 35.8 Å². The Morgan fingerprint density at radius 3 is 1.22 bits per heavy atom. The van der Waals surface area contributed by atoms with Crippen molar-refractivity contribution in [1.82, 2.24) is 0 Å². The van der Waals surface area contributed by atoms with E-state index in [9.17, 15) is 35.9 Å². The van der Waals surface area contributed by atoms with E-state index in [-0.39, 0.29) is 16.8 Å². The Morgan fingerprint density at radius 2 is 0.857 bits per heavy atom. The van der Waals surface area contributed by atoms with Crippen molar-refractivity contribution in [3.63, 3.8) is 0 Å². The number of nitrogens with two attached hydrogens (primary N) is 1. The first-order valence-electron chi connectivity index (χ1n) is 14.3. The predicted molar refractivity (Wildman–Crippen MR) is 174 cm³/mol. The minimum Gasteiger partial charge on any atom is -0.399 e. The van der Waals surface area contributed by atoms with Crippen molar-refractivity contribution in [3.05, 3.63) is 160 Å². The summed E-state index contributed by atoms with van der Waals surface area (Å²) in [6, 6.07) is 26.1. The number of rotatable bonds is 4. The standard InChI is InChI=1S/C38H23F6N3O2/c39-37(40,41)30-15-11-24(12-16-30)7-9-26-3-1-5-33(19-26)46-35(48)28-21-29(23-32(45)22-28)36(49)47-34-6-2-4-27(20-34)10-8-25-13-17-31(18-14-25)38(42,43)44/h1-6,11-23H,45H2,(H,46,48)(H,47,49). The second-order valence-corrected chi connectivity index (χ2v) is 10.6. The smallest absolute Gasteiger partial charge is 0.399 e. The molecule has 5 aromatic rings. The Morgan fingerprint density at radius 1 is 0.490 bits per heavy atom. The molecule has 5 nitrogen and oxygen atoms in total. The summed E-state index contributed by atoms with van der Waals surface area (Å²) in [7, 11) is 0. The highest BCUT2D eigenvalue weighted by Crippen LogP contribution is 2.30. The lowest BCUT2D eigenvalue weighted by Crippen LogP contribution is -2.16. The van der Waals surface area contributed by atoms with E-state index in [1.807, 2.05) is 0 Å². The molecule has 0 spiro atoms. The van der Waals surface area contributed by atoms with Crippen molar-refractivity contribution in [2.45, 2.75) is 12.4 Å². The minimum absolute atomic E-state index is 0.0996. The monoisotopic (exact) mass is 667 g/mol. The summed E-state index contributed by atoms with van der Waals surface area (Å²) in [5.41, 5.74) is 7.33. The molecule has 0 saturated carbocycles. The predicted octanol–water partition coefficient (Wildman–Crippen LogP) is 8.61. The van der Waals surface area contributed by atoms with E-state index in [4.69, 9.17) is 5.73 Å². The fourth-order valence-electron chi connectivity index (χ4n) is 4.44. The Bertz CT molecular complexity index is 2000. The van der Waals surface area contributed by atoms with E-state index < -0.39 is 35.3 Å². The number of carbonyl (C=O) groups excluding carboxylic acids is 2. The molecule has 0 bridgehead atoms. The maximum Gasteiger partial charge on any atom is 0.416 e. The summed E-state index contributed by atoms with van der Waals surface area (Å²) in [5.74, 6) is 10.2.